The molecule has 7 nitrogen and oxygen atoms in total. The third kappa shape index (κ3) is 3.15. The monoisotopic (exact) mass is 419 g/mol. The Hall–Kier alpha value is -3.85. The first-order valence-electron chi connectivity index (χ1n) is 9.01. The molecule has 0 spiro atoms. The Bertz CT molecular complexity index is 1390. The topological polar surface area (TPSA) is 85.8 Å². The number of hydrogen-bond acceptors (Lipinski definition) is 6. The molecule has 9 heteroatoms. The number of para-hydroxylation sites is 1. The number of nitrogens with zero attached hydrogens (tertiary/aromatic N) is 4. The summed E-state index contributed by atoms with van der Waals surface area (Å²) in [6.45, 7) is 0. The van der Waals surface area contributed by atoms with Crippen LogP contribution in [0.3, 0.4) is 0 Å². The number of carbonyl (C=O) groups is 1. The van der Waals surface area contributed by atoms with Gasteiger partial charge in [-0.3, -0.25) is 9.48 Å². The number of benzene rings is 2. The van der Waals surface area contributed by atoms with E-state index in [0.717, 1.165) is 10.9 Å². The SMILES string of the molecule is Cn1nc(C(=O)Nc2ccsc2-c2nc(-c3cccc(F)c3)no2)c2ccccc21. The fourth-order valence-electron chi connectivity index (χ4n) is 3.20. The van der Waals surface area contributed by atoms with Gasteiger partial charge in [-0.05, 0) is 29.6 Å². The van der Waals surface area contributed by atoms with Gasteiger partial charge in [-0.2, -0.15) is 10.1 Å². The van der Waals surface area contributed by atoms with E-state index in [1.807, 2.05) is 29.6 Å². The number of amides is 1. The second kappa shape index (κ2) is 7.20. The summed E-state index contributed by atoms with van der Waals surface area (Å²) < 4.78 is 20.5. The number of rotatable bonds is 4. The normalized spacial score (nSPS) is 11.1. The molecule has 0 fully saturated rings. The quantitative estimate of drug-likeness (QED) is 0.455. The Kier molecular flexibility index (Phi) is 4.36. The summed E-state index contributed by atoms with van der Waals surface area (Å²) >= 11 is 1.35. The zero-order valence-corrected chi connectivity index (χ0v) is 16.5. The molecule has 0 bridgehead atoms. The molecule has 0 aliphatic heterocycles. The van der Waals surface area contributed by atoms with Crippen LogP contribution in [0.5, 0.6) is 0 Å². The molecule has 5 aromatic rings. The minimum atomic E-state index is -0.384. The van der Waals surface area contributed by atoms with Crippen LogP contribution in [0.15, 0.2) is 64.5 Å². The van der Waals surface area contributed by atoms with Gasteiger partial charge in [0, 0.05) is 18.0 Å². The molecule has 0 aliphatic carbocycles. The lowest BCUT2D eigenvalue weighted by Gasteiger charge is -2.02. The molecule has 2 aromatic carbocycles. The number of carbonyl (C=O) groups excluding carboxylic acids is 1. The molecule has 0 saturated heterocycles. The van der Waals surface area contributed by atoms with Crippen LogP contribution in [0, 0.1) is 5.82 Å². The average molecular weight is 419 g/mol. The van der Waals surface area contributed by atoms with Gasteiger partial charge in [0.15, 0.2) is 5.69 Å². The average Bonchev–Trinajstić information content (AvgIpc) is 3.47. The highest BCUT2D eigenvalue weighted by Gasteiger charge is 2.20. The van der Waals surface area contributed by atoms with Gasteiger partial charge in [-0.25, -0.2) is 4.39 Å². The molecule has 0 atom stereocenters. The van der Waals surface area contributed by atoms with Gasteiger partial charge in [0.05, 0.1) is 11.2 Å². The van der Waals surface area contributed by atoms with Gasteiger partial charge in [0.2, 0.25) is 5.82 Å². The third-order valence-electron chi connectivity index (χ3n) is 4.59. The molecule has 5 rings (SSSR count). The van der Waals surface area contributed by atoms with Crippen molar-refractivity contribution in [1.82, 2.24) is 19.9 Å². The summed E-state index contributed by atoms with van der Waals surface area (Å²) in [6.07, 6.45) is 0. The van der Waals surface area contributed by atoms with Crippen molar-refractivity contribution in [3.05, 3.63) is 71.5 Å². The molecule has 1 amide bonds. The molecule has 0 unspecified atom stereocenters. The standard InChI is InChI=1S/C21H14FN5O2S/c1-27-16-8-3-2-7-14(16)17(25-27)20(28)23-15-9-10-30-18(15)21-24-19(26-29-21)12-5-4-6-13(22)11-12/h2-11H,1H3,(H,23,28). The Morgan fingerprint density at radius 2 is 2.03 bits per heavy atom. The van der Waals surface area contributed by atoms with E-state index in [-0.39, 0.29) is 23.4 Å². The number of hydrogen-bond donors (Lipinski definition) is 1. The minimum Gasteiger partial charge on any atom is -0.333 e. The van der Waals surface area contributed by atoms with E-state index >= 15 is 0 Å². The lowest BCUT2D eigenvalue weighted by atomic mass is 10.2. The van der Waals surface area contributed by atoms with E-state index in [1.165, 1.54) is 23.5 Å². The Morgan fingerprint density at radius 1 is 1.17 bits per heavy atom. The van der Waals surface area contributed by atoms with Crippen molar-refractivity contribution in [3.8, 4) is 22.2 Å². The lowest BCUT2D eigenvalue weighted by molar-refractivity contribution is 0.102. The van der Waals surface area contributed by atoms with Gasteiger partial charge < -0.3 is 9.84 Å². The second-order valence-corrected chi connectivity index (χ2v) is 7.46. The van der Waals surface area contributed by atoms with Crippen LogP contribution in [0.2, 0.25) is 0 Å². The fraction of sp³-hybridized carbons (Fsp3) is 0.0476. The van der Waals surface area contributed by atoms with Gasteiger partial charge in [0.25, 0.3) is 11.8 Å². The van der Waals surface area contributed by atoms with Crippen LogP contribution in [-0.4, -0.2) is 25.8 Å². The molecule has 3 heterocycles. The summed E-state index contributed by atoms with van der Waals surface area (Å²) in [7, 11) is 1.79. The van der Waals surface area contributed by atoms with E-state index in [1.54, 1.807) is 29.9 Å². The number of anilines is 1. The van der Waals surface area contributed by atoms with Crippen molar-refractivity contribution in [3.63, 3.8) is 0 Å². The van der Waals surface area contributed by atoms with E-state index in [4.69, 9.17) is 4.52 Å². The summed E-state index contributed by atoms with van der Waals surface area (Å²) in [5.74, 6) is -0.210. The third-order valence-corrected chi connectivity index (χ3v) is 5.49. The predicted molar refractivity (Wildman–Crippen MR) is 112 cm³/mol. The maximum absolute atomic E-state index is 13.5. The highest BCUT2D eigenvalue weighted by molar-refractivity contribution is 7.14. The highest BCUT2D eigenvalue weighted by atomic mass is 32.1. The lowest BCUT2D eigenvalue weighted by Crippen LogP contribution is -2.13. The minimum absolute atomic E-state index is 0.241. The Labute approximate surface area is 173 Å². The van der Waals surface area contributed by atoms with Crippen molar-refractivity contribution in [1.29, 1.82) is 0 Å². The van der Waals surface area contributed by atoms with Crippen LogP contribution < -0.4 is 5.32 Å². The number of thiophene rings is 1. The smallest absolute Gasteiger partial charge is 0.276 e. The molecular formula is C21H14FN5O2S. The maximum atomic E-state index is 13.5. The first kappa shape index (κ1) is 18.2. The molecule has 148 valence electrons. The summed E-state index contributed by atoms with van der Waals surface area (Å²) in [6, 6.07) is 15.2. The van der Waals surface area contributed by atoms with E-state index in [2.05, 4.69) is 20.6 Å². The van der Waals surface area contributed by atoms with Crippen molar-refractivity contribution < 1.29 is 13.7 Å². The molecule has 0 saturated carbocycles. The molecule has 3 aromatic heterocycles. The second-order valence-electron chi connectivity index (χ2n) is 6.54. The van der Waals surface area contributed by atoms with E-state index in [0.29, 0.717) is 21.8 Å². The summed E-state index contributed by atoms with van der Waals surface area (Å²) in [5, 5.41) is 13.7. The van der Waals surface area contributed by atoms with Crippen molar-refractivity contribution in [2.24, 2.45) is 7.05 Å². The zero-order chi connectivity index (χ0) is 20.7. The number of aromatic nitrogens is 4. The zero-order valence-electron chi connectivity index (χ0n) is 15.7. The number of aryl methyl sites for hydroxylation is 1. The predicted octanol–water partition coefficient (Wildman–Crippen LogP) is 4.74. The van der Waals surface area contributed by atoms with Crippen LogP contribution in [0.1, 0.15) is 10.5 Å². The van der Waals surface area contributed by atoms with E-state index in [9.17, 15) is 9.18 Å². The maximum Gasteiger partial charge on any atom is 0.276 e. The van der Waals surface area contributed by atoms with Crippen LogP contribution in [0.25, 0.3) is 33.1 Å². The molecule has 30 heavy (non-hydrogen) atoms. The van der Waals surface area contributed by atoms with E-state index < -0.39 is 0 Å². The van der Waals surface area contributed by atoms with Crippen LogP contribution in [-0.2, 0) is 7.05 Å². The molecule has 1 N–H and O–H groups in total. The van der Waals surface area contributed by atoms with Gasteiger partial charge in [0.1, 0.15) is 10.7 Å². The Balaban J connectivity index is 1.45. The molecule has 0 radical (unpaired) electrons. The van der Waals surface area contributed by atoms with Gasteiger partial charge in [-0.1, -0.05) is 35.5 Å². The van der Waals surface area contributed by atoms with Crippen molar-refractivity contribution in [2.75, 3.05) is 5.32 Å². The first-order chi connectivity index (χ1) is 14.6. The fourth-order valence-corrected chi connectivity index (χ4v) is 3.97. The van der Waals surface area contributed by atoms with Gasteiger partial charge in [-0.15, -0.1) is 11.3 Å². The molecule has 0 aliphatic rings. The Morgan fingerprint density at radius 3 is 2.90 bits per heavy atom. The first-order valence-corrected chi connectivity index (χ1v) is 9.89. The summed E-state index contributed by atoms with van der Waals surface area (Å²) in [4.78, 5) is 17.9. The number of nitrogens with one attached hydrogen (secondary N) is 1. The highest BCUT2D eigenvalue weighted by Crippen LogP contribution is 2.34. The van der Waals surface area contributed by atoms with Crippen LogP contribution in [0.4, 0.5) is 10.1 Å². The number of halogens is 1. The van der Waals surface area contributed by atoms with Crippen LogP contribution >= 0.6 is 11.3 Å². The van der Waals surface area contributed by atoms with Crippen molar-refractivity contribution in [2.45, 2.75) is 0 Å². The molecular weight excluding hydrogens is 405 g/mol. The van der Waals surface area contributed by atoms with Crippen molar-refractivity contribution >= 4 is 33.8 Å². The largest absolute Gasteiger partial charge is 0.333 e. The summed E-state index contributed by atoms with van der Waals surface area (Å²) in [5.41, 5.74) is 2.24. The number of fused-ring (bicyclic) bond motifs is 1. The van der Waals surface area contributed by atoms with Gasteiger partial charge >= 0.3 is 0 Å².